The van der Waals surface area contributed by atoms with E-state index in [9.17, 15) is 10.1 Å². The summed E-state index contributed by atoms with van der Waals surface area (Å²) in [6.45, 7) is 5.92. The third kappa shape index (κ3) is 3.33. The van der Waals surface area contributed by atoms with Gasteiger partial charge in [0.25, 0.3) is 5.91 Å². The van der Waals surface area contributed by atoms with E-state index in [-0.39, 0.29) is 11.8 Å². The highest BCUT2D eigenvalue weighted by Crippen LogP contribution is 2.28. The van der Waals surface area contributed by atoms with Crippen molar-refractivity contribution in [3.63, 3.8) is 0 Å². The van der Waals surface area contributed by atoms with E-state index in [1.807, 2.05) is 46.1 Å². The highest BCUT2D eigenvalue weighted by atomic mass is 16.1. The molecule has 1 amide bonds. The van der Waals surface area contributed by atoms with Crippen LogP contribution in [0, 0.1) is 18.3 Å². The van der Waals surface area contributed by atoms with Crippen LogP contribution < -0.4 is 5.32 Å². The topological polar surface area (TPSA) is 88.5 Å². The summed E-state index contributed by atoms with van der Waals surface area (Å²) in [5.74, 6) is -0.178. The molecule has 30 heavy (non-hydrogen) atoms. The summed E-state index contributed by atoms with van der Waals surface area (Å²) in [5, 5.41) is 22.1. The minimum atomic E-state index is -0.231. The number of nitrogens with one attached hydrogen (secondary N) is 1. The lowest BCUT2D eigenvalue weighted by atomic mass is 9.92. The van der Waals surface area contributed by atoms with Gasteiger partial charge in [0, 0.05) is 23.7 Å². The lowest BCUT2D eigenvalue weighted by molar-refractivity contribution is 0.102. The van der Waals surface area contributed by atoms with Crippen molar-refractivity contribution in [2.45, 2.75) is 26.7 Å². The van der Waals surface area contributed by atoms with Gasteiger partial charge in [-0.05, 0) is 48.2 Å². The molecule has 0 saturated heterocycles. The molecule has 0 atom stereocenters. The van der Waals surface area contributed by atoms with Crippen LogP contribution in [0.4, 0.5) is 5.69 Å². The predicted molar refractivity (Wildman–Crippen MR) is 116 cm³/mol. The Morgan fingerprint density at radius 1 is 1.20 bits per heavy atom. The van der Waals surface area contributed by atoms with E-state index in [1.54, 1.807) is 40.0 Å². The number of rotatable bonds is 4. The quantitative estimate of drug-likeness (QED) is 0.555. The molecule has 0 aliphatic rings. The van der Waals surface area contributed by atoms with Crippen molar-refractivity contribution in [1.29, 1.82) is 5.26 Å². The number of nitriles is 1. The molecule has 0 unspecified atom stereocenters. The first kappa shape index (κ1) is 19.4. The van der Waals surface area contributed by atoms with Crippen molar-refractivity contribution < 1.29 is 4.79 Å². The molecule has 0 saturated carbocycles. The van der Waals surface area contributed by atoms with Crippen molar-refractivity contribution in [2.75, 3.05) is 5.32 Å². The van der Waals surface area contributed by atoms with Crippen LogP contribution in [0.25, 0.3) is 16.6 Å². The smallest absolute Gasteiger partial charge is 0.256 e. The number of nitrogens with zero attached hydrogens (tertiary/aromatic N) is 5. The maximum Gasteiger partial charge on any atom is 0.256 e. The Hall–Kier alpha value is -3.92. The number of aromatic nitrogens is 4. The largest absolute Gasteiger partial charge is 0.322 e. The number of hydrogen-bond donors (Lipinski definition) is 1. The number of fused-ring (bicyclic) bond motifs is 1. The highest BCUT2D eigenvalue weighted by molar-refractivity contribution is 6.07. The first-order chi connectivity index (χ1) is 14.4. The second kappa shape index (κ2) is 7.48. The van der Waals surface area contributed by atoms with Gasteiger partial charge in [-0.3, -0.25) is 9.48 Å². The third-order valence-electron chi connectivity index (χ3n) is 5.15. The molecule has 0 aliphatic heterocycles. The van der Waals surface area contributed by atoms with Crippen LogP contribution in [0.15, 0.2) is 48.9 Å². The summed E-state index contributed by atoms with van der Waals surface area (Å²) in [5.41, 5.74) is 5.16. The second-order valence-corrected chi connectivity index (χ2v) is 7.64. The first-order valence-electron chi connectivity index (χ1n) is 9.70. The standard InChI is InChI=1S/C23H22N6O/c1-14(2)22-16(10-24)6-5-7-19(22)23(30)27-20-9-21-17(8-15(20)3)11-26-29(21)18-12-25-28(4)13-18/h5-9,11-14H,1-4H3,(H,27,30). The predicted octanol–water partition coefficient (Wildman–Crippen LogP) is 4.31. The molecule has 150 valence electrons. The number of carbonyl (C=O) groups excluding carboxylic acids is 1. The van der Waals surface area contributed by atoms with Crippen molar-refractivity contribution in [3.8, 4) is 11.8 Å². The summed E-state index contributed by atoms with van der Waals surface area (Å²) >= 11 is 0. The number of anilines is 1. The fraction of sp³-hybridized carbons (Fsp3) is 0.217. The van der Waals surface area contributed by atoms with Crippen LogP contribution in [0.5, 0.6) is 0 Å². The van der Waals surface area contributed by atoms with E-state index in [2.05, 4.69) is 21.6 Å². The summed E-state index contributed by atoms with van der Waals surface area (Å²) in [6, 6.07) is 11.4. The monoisotopic (exact) mass is 398 g/mol. The molecular weight excluding hydrogens is 376 g/mol. The van der Waals surface area contributed by atoms with Crippen molar-refractivity contribution in [1.82, 2.24) is 19.6 Å². The van der Waals surface area contributed by atoms with Gasteiger partial charge < -0.3 is 5.32 Å². The van der Waals surface area contributed by atoms with E-state index in [1.165, 1.54) is 0 Å². The number of hydrogen-bond acceptors (Lipinski definition) is 4. The van der Waals surface area contributed by atoms with Gasteiger partial charge in [0.1, 0.15) is 5.69 Å². The van der Waals surface area contributed by atoms with E-state index >= 15 is 0 Å². The molecule has 2 heterocycles. The van der Waals surface area contributed by atoms with Gasteiger partial charge in [0.15, 0.2) is 0 Å². The van der Waals surface area contributed by atoms with Gasteiger partial charge in [-0.15, -0.1) is 0 Å². The molecule has 1 N–H and O–H groups in total. The minimum Gasteiger partial charge on any atom is -0.322 e. The molecule has 0 bridgehead atoms. The Morgan fingerprint density at radius 3 is 2.67 bits per heavy atom. The van der Waals surface area contributed by atoms with Crippen LogP contribution in [0.1, 0.15) is 46.8 Å². The molecule has 0 fully saturated rings. The average Bonchev–Trinajstić information content (AvgIpc) is 3.33. The zero-order valence-electron chi connectivity index (χ0n) is 17.3. The molecule has 4 rings (SSSR count). The summed E-state index contributed by atoms with van der Waals surface area (Å²) < 4.78 is 3.52. The third-order valence-corrected chi connectivity index (χ3v) is 5.15. The van der Waals surface area contributed by atoms with E-state index in [0.717, 1.165) is 27.7 Å². The Morgan fingerprint density at radius 2 is 2.00 bits per heavy atom. The Kier molecular flexibility index (Phi) is 4.84. The van der Waals surface area contributed by atoms with Gasteiger partial charge in [-0.25, -0.2) is 4.68 Å². The zero-order valence-corrected chi connectivity index (χ0v) is 17.3. The number of aryl methyl sites for hydroxylation is 2. The van der Waals surface area contributed by atoms with Crippen molar-refractivity contribution >= 4 is 22.5 Å². The molecule has 7 heteroatoms. The van der Waals surface area contributed by atoms with Gasteiger partial charge in [0.05, 0.1) is 35.7 Å². The molecule has 0 aliphatic carbocycles. The van der Waals surface area contributed by atoms with Crippen LogP contribution in [0.2, 0.25) is 0 Å². The fourth-order valence-electron chi connectivity index (χ4n) is 3.72. The van der Waals surface area contributed by atoms with Gasteiger partial charge in [-0.1, -0.05) is 19.9 Å². The van der Waals surface area contributed by atoms with Crippen LogP contribution in [-0.4, -0.2) is 25.5 Å². The first-order valence-corrected chi connectivity index (χ1v) is 9.70. The average molecular weight is 398 g/mol. The maximum absolute atomic E-state index is 13.1. The number of carbonyl (C=O) groups is 1. The van der Waals surface area contributed by atoms with Crippen molar-refractivity contribution in [3.05, 3.63) is 71.2 Å². The molecule has 0 radical (unpaired) electrons. The molecule has 0 spiro atoms. The van der Waals surface area contributed by atoms with E-state index in [4.69, 9.17) is 0 Å². The zero-order chi connectivity index (χ0) is 21.4. The van der Waals surface area contributed by atoms with Gasteiger partial charge in [-0.2, -0.15) is 15.5 Å². The lowest BCUT2D eigenvalue weighted by Gasteiger charge is -2.15. The van der Waals surface area contributed by atoms with Gasteiger partial charge >= 0.3 is 0 Å². The van der Waals surface area contributed by atoms with Crippen molar-refractivity contribution in [2.24, 2.45) is 7.05 Å². The van der Waals surface area contributed by atoms with Crippen LogP contribution in [0.3, 0.4) is 0 Å². The van der Waals surface area contributed by atoms with E-state index < -0.39 is 0 Å². The number of amides is 1. The van der Waals surface area contributed by atoms with Gasteiger partial charge in [0.2, 0.25) is 0 Å². The summed E-state index contributed by atoms with van der Waals surface area (Å²) in [6.07, 6.45) is 5.42. The molecule has 2 aromatic heterocycles. The SMILES string of the molecule is Cc1cc2cnn(-c3cnn(C)c3)c2cc1NC(=O)c1cccc(C#N)c1C(C)C. The number of benzene rings is 2. The molecule has 4 aromatic rings. The minimum absolute atomic E-state index is 0.0530. The Labute approximate surface area is 174 Å². The molecule has 2 aromatic carbocycles. The molecular formula is C23H22N6O. The second-order valence-electron chi connectivity index (χ2n) is 7.64. The summed E-state index contributed by atoms with van der Waals surface area (Å²) in [7, 11) is 1.85. The Balaban J connectivity index is 1.75. The van der Waals surface area contributed by atoms with Crippen LogP contribution in [-0.2, 0) is 7.05 Å². The van der Waals surface area contributed by atoms with E-state index in [0.29, 0.717) is 16.8 Å². The summed E-state index contributed by atoms with van der Waals surface area (Å²) in [4.78, 5) is 13.1. The highest BCUT2D eigenvalue weighted by Gasteiger charge is 2.19. The maximum atomic E-state index is 13.1. The normalized spacial score (nSPS) is 11.1. The fourth-order valence-corrected chi connectivity index (χ4v) is 3.72. The molecule has 7 nitrogen and oxygen atoms in total. The van der Waals surface area contributed by atoms with Crippen LogP contribution >= 0.6 is 0 Å². The Bertz CT molecular complexity index is 1310. The lowest BCUT2D eigenvalue weighted by Crippen LogP contribution is -2.16.